The summed E-state index contributed by atoms with van der Waals surface area (Å²) in [5.74, 6) is -2.60. The summed E-state index contributed by atoms with van der Waals surface area (Å²) in [5, 5.41) is -0.0981. The second kappa shape index (κ2) is 5.96. The van der Waals surface area contributed by atoms with Gasteiger partial charge in [-0.1, -0.05) is 23.8 Å². The van der Waals surface area contributed by atoms with Gasteiger partial charge >= 0.3 is 0 Å². The lowest BCUT2D eigenvalue weighted by Crippen LogP contribution is -2.32. The van der Waals surface area contributed by atoms with Gasteiger partial charge in [0.15, 0.2) is 11.6 Å². The Balaban J connectivity index is 3.09. The molecule has 0 spiro atoms. The minimum Gasteiger partial charge on any atom is -0.335 e. The smallest absolute Gasteiger partial charge is 0.255 e. The molecular formula is C13H14ClF2NO. The Morgan fingerprint density at radius 2 is 1.94 bits per heavy atom. The Morgan fingerprint density at radius 1 is 1.39 bits per heavy atom. The number of carbonyl (C=O) groups is 1. The summed E-state index contributed by atoms with van der Waals surface area (Å²) >= 11 is 5.76. The molecule has 0 radical (unpaired) electrons. The van der Waals surface area contributed by atoms with Gasteiger partial charge in [0.2, 0.25) is 0 Å². The Kier molecular flexibility index (Phi) is 4.84. The zero-order valence-corrected chi connectivity index (χ0v) is 11.0. The van der Waals surface area contributed by atoms with Crippen LogP contribution < -0.4 is 0 Å². The molecule has 1 amide bonds. The number of nitrogens with zero attached hydrogens (tertiary/aromatic N) is 1. The van der Waals surface area contributed by atoms with Gasteiger partial charge in [0, 0.05) is 13.1 Å². The molecule has 0 aromatic heterocycles. The van der Waals surface area contributed by atoms with Crippen molar-refractivity contribution in [3.63, 3.8) is 0 Å². The zero-order chi connectivity index (χ0) is 13.9. The first kappa shape index (κ1) is 14.6. The number of benzene rings is 1. The molecule has 2 nitrogen and oxygen atoms in total. The molecule has 0 saturated carbocycles. The molecule has 0 aliphatic heterocycles. The van der Waals surface area contributed by atoms with Crippen LogP contribution in [0.1, 0.15) is 24.2 Å². The summed E-state index contributed by atoms with van der Waals surface area (Å²) in [6.45, 7) is 8.06. The first-order valence-electron chi connectivity index (χ1n) is 5.45. The lowest BCUT2D eigenvalue weighted by atomic mass is 10.1. The van der Waals surface area contributed by atoms with Crippen molar-refractivity contribution in [2.75, 3.05) is 13.1 Å². The van der Waals surface area contributed by atoms with Crippen LogP contribution in [0.4, 0.5) is 8.78 Å². The summed E-state index contributed by atoms with van der Waals surface area (Å²) in [7, 11) is 0. The van der Waals surface area contributed by atoms with Crippen molar-refractivity contribution in [3.05, 3.63) is 46.5 Å². The van der Waals surface area contributed by atoms with E-state index < -0.39 is 17.5 Å². The highest BCUT2D eigenvalue weighted by Gasteiger charge is 2.19. The van der Waals surface area contributed by atoms with Crippen LogP contribution in [0.15, 0.2) is 24.3 Å². The molecule has 0 fully saturated rings. The fraction of sp³-hybridized carbons (Fsp3) is 0.308. The van der Waals surface area contributed by atoms with E-state index in [1.165, 1.54) is 4.90 Å². The first-order valence-corrected chi connectivity index (χ1v) is 5.82. The molecule has 0 bridgehead atoms. The molecule has 1 aromatic carbocycles. The fourth-order valence-corrected chi connectivity index (χ4v) is 1.74. The minimum atomic E-state index is -1.09. The Morgan fingerprint density at radius 3 is 2.44 bits per heavy atom. The van der Waals surface area contributed by atoms with Crippen LogP contribution in [0.25, 0.3) is 0 Å². The fourth-order valence-electron chi connectivity index (χ4n) is 1.51. The van der Waals surface area contributed by atoms with Gasteiger partial charge in [-0.05, 0) is 26.0 Å². The van der Waals surface area contributed by atoms with Gasteiger partial charge in [0.1, 0.15) is 0 Å². The highest BCUT2D eigenvalue weighted by molar-refractivity contribution is 6.33. The molecule has 98 valence electrons. The zero-order valence-electron chi connectivity index (χ0n) is 10.3. The molecule has 0 unspecified atom stereocenters. The topological polar surface area (TPSA) is 20.3 Å². The molecular weight excluding hydrogens is 260 g/mol. The number of hydrogen-bond acceptors (Lipinski definition) is 1. The third-order valence-corrected chi connectivity index (χ3v) is 2.68. The van der Waals surface area contributed by atoms with Crippen molar-refractivity contribution in [2.24, 2.45) is 0 Å². The van der Waals surface area contributed by atoms with Crippen LogP contribution in [0.5, 0.6) is 0 Å². The molecule has 18 heavy (non-hydrogen) atoms. The van der Waals surface area contributed by atoms with Crippen molar-refractivity contribution in [2.45, 2.75) is 13.8 Å². The molecule has 0 heterocycles. The van der Waals surface area contributed by atoms with Gasteiger partial charge in [-0.15, -0.1) is 0 Å². The van der Waals surface area contributed by atoms with Crippen molar-refractivity contribution in [1.82, 2.24) is 4.90 Å². The summed E-state index contributed by atoms with van der Waals surface area (Å²) in [4.78, 5) is 13.6. The molecule has 0 saturated heterocycles. The van der Waals surface area contributed by atoms with E-state index in [0.29, 0.717) is 13.1 Å². The predicted octanol–water partition coefficient (Wildman–Crippen LogP) is 3.66. The van der Waals surface area contributed by atoms with Crippen LogP contribution in [-0.2, 0) is 0 Å². The maximum absolute atomic E-state index is 13.1. The van der Waals surface area contributed by atoms with Crippen molar-refractivity contribution in [1.29, 1.82) is 0 Å². The van der Waals surface area contributed by atoms with Gasteiger partial charge in [-0.2, -0.15) is 0 Å². The molecule has 1 aromatic rings. The Labute approximate surface area is 110 Å². The third kappa shape index (κ3) is 3.29. The van der Waals surface area contributed by atoms with E-state index in [1.807, 2.05) is 0 Å². The summed E-state index contributed by atoms with van der Waals surface area (Å²) in [6, 6.07) is 1.62. The largest absolute Gasteiger partial charge is 0.335 e. The lowest BCUT2D eigenvalue weighted by molar-refractivity contribution is 0.0778. The summed E-state index contributed by atoms with van der Waals surface area (Å²) in [5.41, 5.74) is 0.752. The lowest BCUT2D eigenvalue weighted by Gasteiger charge is -2.21. The molecule has 0 aliphatic rings. The standard InChI is InChI=1S/C13H14ClF2NO/c1-4-17(7-8(2)3)13(18)9-5-11(15)12(16)6-10(9)14/h5-6H,2,4,7H2,1,3H3. The third-order valence-electron chi connectivity index (χ3n) is 2.37. The second-order valence-corrected chi connectivity index (χ2v) is 4.43. The van der Waals surface area contributed by atoms with Crippen molar-refractivity contribution >= 4 is 17.5 Å². The molecule has 0 atom stereocenters. The van der Waals surface area contributed by atoms with Crippen LogP contribution in [0, 0.1) is 11.6 Å². The Hall–Kier alpha value is -1.42. The second-order valence-electron chi connectivity index (χ2n) is 4.02. The number of halogens is 3. The van der Waals surface area contributed by atoms with Crippen LogP contribution in [0.3, 0.4) is 0 Å². The molecule has 0 aliphatic carbocycles. The van der Waals surface area contributed by atoms with Gasteiger partial charge in [0.05, 0.1) is 10.6 Å². The van der Waals surface area contributed by atoms with Gasteiger partial charge in [-0.3, -0.25) is 4.79 Å². The molecule has 5 heteroatoms. The van der Waals surface area contributed by atoms with Crippen LogP contribution in [-0.4, -0.2) is 23.9 Å². The van der Waals surface area contributed by atoms with Gasteiger partial charge in [-0.25, -0.2) is 8.78 Å². The maximum atomic E-state index is 13.1. The van der Waals surface area contributed by atoms with Crippen LogP contribution >= 0.6 is 11.6 Å². The average Bonchev–Trinajstić information content (AvgIpc) is 2.29. The number of hydrogen-bond donors (Lipinski definition) is 0. The highest BCUT2D eigenvalue weighted by atomic mass is 35.5. The van der Waals surface area contributed by atoms with E-state index in [2.05, 4.69) is 6.58 Å². The van der Waals surface area contributed by atoms with Crippen LogP contribution in [0.2, 0.25) is 5.02 Å². The monoisotopic (exact) mass is 273 g/mol. The SMILES string of the molecule is C=C(C)CN(CC)C(=O)c1cc(F)c(F)cc1Cl. The van der Waals surface area contributed by atoms with E-state index in [0.717, 1.165) is 17.7 Å². The van der Waals surface area contributed by atoms with E-state index in [9.17, 15) is 13.6 Å². The van der Waals surface area contributed by atoms with E-state index in [-0.39, 0.29) is 10.6 Å². The summed E-state index contributed by atoms with van der Waals surface area (Å²) in [6.07, 6.45) is 0. The average molecular weight is 274 g/mol. The summed E-state index contributed by atoms with van der Waals surface area (Å²) < 4.78 is 26.0. The minimum absolute atomic E-state index is 0.0429. The maximum Gasteiger partial charge on any atom is 0.255 e. The van der Waals surface area contributed by atoms with Gasteiger partial charge < -0.3 is 4.90 Å². The first-order chi connectivity index (χ1) is 8.36. The molecule has 0 N–H and O–H groups in total. The van der Waals surface area contributed by atoms with Crippen molar-refractivity contribution < 1.29 is 13.6 Å². The normalized spacial score (nSPS) is 10.3. The number of carbonyl (C=O) groups excluding carboxylic acids is 1. The Bertz CT molecular complexity index is 488. The predicted molar refractivity (Wildman–Crippen MR) is 67.8 cm³/mol. The van der Waals surface area contributed by atoms with E-state index in [4.69, 9.17) is 11.6 Å². The highest BCUT2D eigenvalue weighted by Crippen LogP contribution is 2.21. The number of likely N-dealkylation sites (N-methyl/N-ethyl adjacent to an activating group) is 1. The molecule has 1 rings (SSSR count). The number of rotatable bonds is 4. The van der Waals surface area contributed by atoms with Crippen molar-refractivity contribution in [3.8, 4) is 0 Å². The number of amides is 1. The van der Waals surface area contributed by atoms with E-state index >= 15 is 0 Å². The van der Waals surface area contributed by atoms with E-state index in [1.54, 1.807) is 13.8 Å². The quantitative estimate of drug-likeness (QED) is 0.606. The van der Waals surface area contributed by atoms with Gasteiger partial charge in [0.25, 0.3) is 5.91 Å².